The van der Waals surface area contributed by atoms with E-state index in [1.807, 2.05) is 55.6 Å². The molecular weight excluding hydrogens is 422 g/mol. The molecular formula is C22H22ClN3O3S. The van der Waals surface area contributed by atoms with Gasteiger partial charge in [0.25, 0.3) is 5.91 Å². The molecule has 1 aromatic heterocycles. The van der Waals surface area contributed by atoms with Crippen molar-refractivity contribution in [1.29, 1.82) is 0 Å². The molecule has 156 valence electrons. The van der Waals surface area contributed by atoms with E-state index < -0.39 is 18.5 Å². The predicted molar refractivity (Wildman–Crippen MR) is 119 cm³/mol. The minimum Gasteiger partial charge on any atom is -0.452 e. The summed E-state index contributed by atoms with van der Waals surface area (Å²) in [5.41, 5.74) is 3.43. The third-order valence-electron chi connectivity index (χ3n) is 4.41. The van der Waals surface area contributed by atoms with Crippen LogP contribution in [0.2, 0.25) is 5.15 Å². The molecule has 1 heterocycles. The van der Waals surface area contributed by atoms with Gasteiger partial charge in [-0.2, -0.15) is 5.10 Å². The molecule has 0 spiro atoms. The SMILES string of the molecule is CSc1cccc(NC(=O)COC(=O)c2c(C)nn(Cc3ccc(C)cc3)c2Cl)c1. The number of aromatic nitrogens is 2. The minimum absolute atomic E-state index is 0.168. The van der Waals surface area contributed by atoms with Gasteiger partial charge >= 0.3 is 5.97 Å². The Hall–Kier alpha value is -2.77. The van der Waals surface area contributed by atoms with E-state index in [2.05, 4.69) is 10.4 Å². The van der Waals surface area contributed by atoms with E-state index in [0.717, 1.165) is 16.0 Å². The molecule has 2 aromatic carbocycles. The fourth-order valence-electron chi connectivity index (χ4n) is 2.86. The van der Waals surface area contributed by atoms with Crippen molar-refractivity contribution in [2.24, 2.45) is 0 Å². The van der Waals surface area contributed by atoms with Crippen LogP contribution in [0.15, 0.2) is 53.4 Å². The number of hydrogen-bond acceptors (Lipinski definition) is 5. The molecule has 0 aliphatic carbocycles. The van der Waals surface area contributed by atoms with Gasteiger partial charge in [0.1, 0.15) is 10.7 Å². The number of rotatable bonds is 7. The number of amides is 1. The summed E-state index contributed by atoms with van der Waals surface area (Å²) in [5, 5.41) is 7.24. The van der Waals surface area contributed by atoms with Crippen molar-refractivity contribution in [3.05, 3.63) is 76.1 Å². The number of ether oxygens (including phenoxy) is 1. The lowest BCUT2D eigenvalue weighted by Gasteiger charge is -2.08. The third-order valence-corrected chi connectivity index (χ3v) is 5.52. The number of thioether (sulfide) groups is 1. The fourth-order valence-corrected chi connectivity index (χ4v) is 3.63. The zero-order valence-corrected chi connectivity index (χ0v) is 18.5. The first-order valence-electron chi connectivity index (χ1n) is 9.27. The fraction of sp³-hybridized carbons (Fsp3) is 0.227. The van der Waals surface area contributed by atoms with Crippen molar-refractivity contribution in [3.8, 4) is 0 Å². The highest BCUT2D eigenvalue weighted by molar-refractivity contribution is 7.98. The van der Waals surface area contributed by atoms with Crippen LogP contribution in [-0.4, -0.2) is 34.5 Å². The lowest BCUT2D eigenvalue weighted by atomic mass is 10.1. The van der Waals surface area contributed by atoms with Crippen LogP contribution in [-0.2, 0) is 16.1 Å². The molecule has 0 saturated heterocycles. The maximum absolute atomic E-state index is 12.5. The molecule has 0 bridgehead atoms. The van der Waals surface area contributed by atoms with Gasteiger partial charge in [0.05, 0.1) is 12.2 Å². The summed E-state index contributed by atoms with van der Waals surface area (Å²) in [6, 6.07) is 15.4. The summed E-state index contributed by atoms with van der Waals surface area (Å²) in [4.78, 5) is 25.7. The van der Waals surface area contributed by atoms with Gasteiger partial charge in [-0.15, -0.1) is 11.8 Å². The molecule has 8 heteroatoms. The number of carbonyl (C=O) groups excluding carboxylic acids is 2. The number of nitrogens with one attached hydrogen (secondary N) is 1. The molecule has 0 atom stereocenters. The van der Waals surface area contributed by atoms with Gasteiger partial charge in [-0.05, 0) is 43.9 Å². The number of benzene rings is 2. The van der Waals surface area contributed by atoms with Gasteiger partial charge in [0.15, 0.2) is 6.61 Å². The first-order chi connectivity index (χ1) is 14.4. The van der Waals surface area contributed by atoms with Crippen molar-refractivity contribution >= 4 is 40.9 Å². The first-order valence-corrected chi connectivity index (χ1v) is 10.9. The third kappa shape index (κ3) is 5.43. The molecule has 0 saturated carbocycles. The Kier molecular flexibility index (Phi) is 7.18. The second-order valence-electron chi connectivity index (χ2n) is 6.75. The highest BCUT2D eigenvalue weighted by Gasteiger charge is 2.22. The van der Waals surface area contributed by atoms with E-state index in [0.29, 0.717) is 17.9 Å². The quantitative estimate of drug-likeness (QED) is 0.422. The van der Waals surface area contributed by atoms with Crippen LogP contribution in [0.5, 0.6) is 0 Å². The van der Waals surface area contributed by atoms with Crippen LogP contribution in [0.1, 0.15) is 27.2 Å². The average Bonchev–Trinajstić information content (AvgIpc) is 3.01. The number of anilines is 1. The minimum atomic E-state index is -0.680. The summed E-state index contributed by atoms with van der Waals surface area (Å²) >= 11 is 7.95. The smallest absolute Gasteiger partial charge is 0.343 e. The Morgan fingerprint density at radius 1 is 1.17 bits per heavy atom. The van der Waals surface area contributed by atoms with Gasteiger partial charge in [0, 0.05) is 10.6 Å². The largest absolute Gasteiger partial charge is 0.452 e. The van der Waals surface area contributed by atoms with E-state index >= 15 is 0 Å². The molecule has 0 aliphatic heterocycles. The Balaban J connectivity index is 1.63. The van der Waals surface area contributed by atoms with Crippen molar-refractivity contribution in [2.45, 2.75) is 25.3 Å². The molecule has 3 aromatic rings. The lowest BCUT2D eigenvalue weighted by molar-refractivity contribution is -0.119. The molecule has 30 heavy (non-hydrogen) atoms. The van der Waals surface area contributed by atoms with E-state index in [4.69, 9.17) is 16.3 Å². The van der Waals surface area contributed by atoms with E-state index in [1.54, 1.807) is 29.4 Å². The number of nitrogens with zero attached hydrogens (tertiary/aromatic N) is 2. The molecule has 6 nitrogen and oxygen atoms in total. The van der Waals surface area contributed by atoms with E-state index in [1.165, 1.54) is 0 Å². The zero-order chi connectivity index (χ0) is 21.7. The standard InChI is InChI=1S/C22H22ClN3O3S/c1-14-7-9-16(10-8-14)12-26-21(23)20(15(2)25-26)22(28)29-13-19(27)24-17-5-4-6-18(11-17)30-3/h4-11H,12-13H2,1-3H3,(H,24,27). The molecule has 1 N–H and O–H groups in total. The number of carbonyl (C=O) groups is 2. The van der Waals surface area contributed by atoms with Crippen molar-refractivity contribution in [2.75, 3.05) is 18.2 Å². The van der Waals surface area contributed by atoms with Crippen LogP contribution in [0.25, 0.3) is 0 Å². The maximum atomic E-state index is 12.5. The topological polar surface area (TPSA) is 73.2 Å². The Morgan fingerprint density at radius 2 is 1.90 bits per heavy atom. The van der Waals surface area contributed by atoms with Gasteiger partial charge in [-0.25, -0.2) is 9.48 Å². The van der Waals surface area contributed by atoms with Gasteiger partial charge < -0.3 is 10.1 Å². The van der Waals surface area contributed by atoms with E-state index in [-0.39, 0.29) is 10.7 Å². The zero-order valence-electron chi connectivity index (χ0n) is 16.9. The second-order valence-corrected chi connectivity index (χ2v) is 7.99. The summed E-state index contributed by atoms with van der Waals surface area (Å²) in [5.74, 6) is -1.11. The van der Waals surface area contributed by atoms with Crippen molar-refractivity contribution < 1.29 is 14.3 Å². The molecule has 0 fully saturated rings. The Morgan fingerprint density at radius 3 is 2.60 bits per heavy atom. The number of halogens is 1. The Bertz CT molecular complexity index is 1060. The predicted octanol–water partition coefficient (Wildman–Crippen LogP) is 4.72. The van der Waals surface area contributed by atoms with Gasteiger partial charge in [-0.1, -0.05) is 47.5 Å². The highest BCUT2D eigenvalue weighted by Crippen LogP contribution is 2.22. The second kappa shape index (κ2) is 9.82. The highest BCUT2D eigenvalue weighted by atomic mass is 35.5. The normalized spacial score (nSPS) is 10.7. The molecule has 0 aliphatic rings. The van der Waals surface area contributed by atoms with Crippen LogP contribution < -0.4 is 5.32 Å². The maximum Gasteiger partial charge on any atom is 0.343 e. The average molecular weight is 444 g/mol. The number of esters is 1. The lowest BCUT2D eigenvalue weighted by Crippen LogP contribution is -2.21. The van der Waals surface area contributed by atoms with Gasteiger partial charge in [-0.3, -0.25) is 4.79 Å². The molecule has 1 amide bonds. The summed E-state index contributed by atoms with van der Waals surface area (Å²) < 4.78 is 6.71. The van der Waals surface area contributed by atoms with Crippen molar-refractivity contribution in [3.63, 3.8) is 0 Å². The first kappa shape index (κ1) is 21.9. The summed E-state index contributed by atoms with van der Waals surface area (Å²) in [6.07, 6.45) is 1.95. The monoisotopic (exact) mass is 443 g/mol. The molecule has 0 unspecified atom stereocenters. The summed E-state index contributed by atoms with van der Waals surface area (Å²) in [7, 11) is 0. The van der Waals surface area contributed by atoms with Crippen molar-refractivity contribution in [1.82, 2.24) is 9.78 Å². The van der Waals surface area contributed by atoms with Crippen LogP contribution in [0, 0.1) is 13.8 Å². The molecule has 0 radical (unpaired) electrons. The molecule has 3 rings (SSSR count). The van der Waals surface area contributed by atoms with E-state index in [9.17, 15) is 9.59 Å². The van der Waals surface area contributed by atoms with Crippen LogP contribution >= 0.6 is 23.4 Å². The van der Waals surface area contributed by atoms with Crippen LogP contribution in [0.3, 0.4) is 0 Å². The van der Waals surface area contributed by atoms with Gasteiger partial charge in [0.2, 0.25) is 0 Å². The number of hydrogen-bond donors (Lipinski definition) is 1. The summed E-state index contributed by atoms with van der Waals surface area (Å²) in [6.45, 7) is 3.71. The van der Waals surface area contributed by atoms with Crippen LogP contribution in [0.4, 0.5) is 5.69 Å². The Labute approximate surface area is 184 Å². The number of aryl methyl sites for hydroxylation is 2.